The average Bonchev–Trinajstić information content (AvgIpc) is 3.16. The van der Waals surface area contributed by atoms with Crippen LogP contribution in [0, 0.1) is 22.7 Å². The van der Waals surface area contributed by atoms with Crippen LogP contribution in [0.2, 0.25) is 0 Å². The molecule has 0 amide bonds. The first-order valence-corrected chi connectivity index (χ1v) is 13.5. The molecule has 1 fully saturated rings. The summed E-state index contributed by atoms with van der Waals surface area (Å²) >= 11 is 0. The normalized spacial score (nSPS) is 34.6. The second kappa shape index (κ2) is 9.20. The van der Waals surface area contributed by atoms with E-state index in [9.17, 15) is 10.2 Å². The van der Waals surface area contributed by atoms with E-state index in [1.165, 1.54) is 16.7 Å². The van der Waals surface area contributed by atoms with Crippen molar-refractivity contribution in [2.24, 2.45) is 22.7 Å². The zero-order chi connectivity index (χ0) is 25.7. The lowest BCUT2D eigenvalue weighted by atomic mass is 9.49. The van der Waals surface area contributed by atoms with Crippen LogP contribution < -0.4 is 5.32 Å². The predicted molar refractivity (Wildman–Crippen MR) is 146 cm³/mol. The third kappa shape index (κ3) is 3.87. The number of aliphatic hydroxyl groups is 2. The van der Waals surface area contributed by atoms with Gasteiger partial charge < -0.3 is 15.5 Å². The lowest BCUT2D eigenvalue weighted by molar-refractivity contribution is -0.0651. The molecule has 4 aliphatic rings. The number of nitrogens with zero attached hydrogens (tertiary/aromatic N) is 2. The highest BCUT2D eigenvalue weighted by atomic mass is 16.3. The van der Waals surface area contributed by atoms with Crippen molar-refractivity contribution in [3.63, 3.8) is 0 Å². The molecule has 3 N–H and O–H groups in total. The van der Waals surface area contributed by atoms with E-state index in [0.717, 1.165) is 55.0 Å². The molecule has 1 aromatic heterocycles. The molecule has 5 nitrogen and oxygen atoms in total. The van der Waals surface area contributed by atoms with Crippen molar-refractivity contribution in [3.05, 3.63) is 65.7 Å². The Hall–Kier alpha value is -2.34. The lowest BCUT2D eigenvalue weighted by Crippen LogP contribution is -2.55. The van der Waals surface area contributed by atoms with Gasteiger partial charge in [0, 0.05) is 22.9 Å². The molecule has 1 heterocycles. The van der Waals surface area contributed by atoms with Gasteiger partial charge in [0.25, 0.3) is 0 Å². The molecule has 1 aromatic carbocycles. The molecule has 5 atom stereocenters. The fourth-order valence-corrected chi connectivity index (χ4v) is 7.48. The van der Waals surface area contributed by atoms with Crippen molar-refractivity contribution in [2.75, 3.05) is 14.1 Å². The van der Waals surface area contributed by atoms with Gasteiger partial charge in [0.15, 0.2) is 0 Å². The number of hydrogen-bond acceptors (Lipinski definition) is 5. The van der Waals surface area contributed by atoms with E-state index in [4.69, 9.17) is 0 Å². The van der Waals surface area contributed by atoms with Crippen molar-refractivity contribution in [1.29, 1.82) is 0 Å². The summed E-state index contributed by atoms with van der Waals surface area (Å²) < 4.78 is 0. The van der Waals surface area contributed by atoms with Gasteiger partial charge in [0.2, 0.25) is 0 Å². The minimum atomic E-state index is -0.836. The van der Waals surface area contributed by atoms with Crippen LogP contribution in [0.15, 0.2) is 60.1 Å². The first-order valence-electron chi connectivity index (χ1n) is 13.5. The topological polar surface area (TPSA) is 78.3 Å². The number of benzene rings is 1. The zero-order valence-corrected chi connectivity index (χ0v) is 22.4. The Labute approximate surface area is 215 Å². The summed E-state index contributed by atoms with van der Waals surface area (Å²) in [7, 11) is 3.75. The number of allylic oxidation sites excluding steroid dienone is 3. The summed E-state index contributed by atoms with van der Waals surface area (Å²) in [5.41, 5.74) is 4.77. The summed E-state index contributed by atoms with van der Waals surface area (Å²) in [6.07, 6.45) is 15.6. The first-order chi connectivity index (χ1) is 17.1. The van der Waals surface area contributed by atoms with Gasteiger partial charge in [-0.1, -0.05) is 50.6 Å². The van der Waals surface area contributed by atoms with E-state index in [-0.39, 0.29) is 22.9 Å². The van der Waals surface area contributed by atoms with Crippen molar-refractivity contribution >= 4 is 16.5 Å². The van der Waals surface area contributed by atoms with E-state index < -0.39 is 5.60 Å². The van der Waals surface area contributed by atoms with Crippen LogP contribution in [0.1, 0.15) is 64.9 Å². The largest absolute Gasteiger partial charge is 0.393 e. The molecule has 0 saturated heterocycles. The number of aliphatic hydroxyl groups excluding tert-OH is 1. The van der Waals surface area contributed by atoms with Crippen molar-refractivity contribution in [3.8, 4) is 0 Å². The average molecular weight is 488 g/mol. The Bertz CT molecular complexity index is 1250. The number of nitrogens with one attached hydrogen (secondary N) is 1. The van der Waals surface area contributed by atoms with Crippen LogP contribution in [0.25, 0.3) is 16.5 Å². The zero-order valence-electron chi connectivity index (χ0n) is 22.4. The minimum absolute atomic E-state index is 0.125. The first kappa shape index (κ1) is 25.3. The Balaban J connectivity index is 0.000000848. The van der Waals surface area contributed by atoms with Gasteiger partial charge in [-0.25, -0.2) is 9.97 Å². The third-order valence-corrected chi connectivity index (χ3v) is 9.62. The predicted octanol–water partition coefficient (Wildman–Crippen LogP) is 5.45. The SMILES string of the molecule is CC1(C)C=C2C=C3CC(O)CCC3CC[C@]2(O)C2CC=C(c3ccc4ncncc4c3)C21C.CNC. The Morgan fingerprint density at radius 1 is 1.08 bits per heavy atom. The Morgan fingerprint density at radius 3 is 2.64 bits per heavy atom. The van der Waals surface area contributed by atoms with Gasteiger partial charge in [-0.2, -0.15) is 0 Å². The molecular weight excluding hydrogens is 446 g/mol. The van der Waals surface area contributed by atoms with E-state index in [0.29, 0.717) is 5.92 Å². The van der Waals surface area contributed by atoms with E-state index in [1.54, 1.807) is 6.33 Å². The second-order valence-corrected chi connectivity index (χ2v) is 12.0. The van der Waals surface area contributed by atoms with Gasteiger partial charge in [0.05, 0.1) is 17.2 Å². The molecular formula is C31H41N3O2. The minimum Gasteiger partial charge on any atom is -0.393 e. The molecule has 192 valence electrons. The van der Waals surface area contributed by atoms with Crippen LogP contribution in [-0.4, -0.2) is 46.0 Å². The van der Waals surface area contributed by atoms with E-state index in [2.05, 4.69) is 72.5 Å². The summed E-state index contributed by atoms with van der Waals surface area (Å²) in [6, 6.07) is 6.47. The molecule has 0 radical (unpaired) electrons. The highest BCUT2D eigenvalue weighted by molar-refractivity contribution is 5.85. The molecule has 0 aliphatic heterocycles. The van der Waals surface area contributed by atoms with E-state index >= 15 is 0 Å². The number of fused-ring (bicyclic) bond motifs is 5. The molecule has 0 bridgehead atoms. The molecule has 0 spiro atoms. The van der Waals surface area contributed by atoms with E-state index in [1.807, 2.05) is 20.3 Å². The molecule has 1 saturated carbocycles. The summed E-state index contributed by atoms with van der Waals surface area (Å²) in [5, 5.41) is 26.4. The maximum absolute atomic E-state index is 12.4. The molecule has 5 heteroatoms. The number of aromatic nitrogens is 2. The Kier molecular flexibility index (Phi) is 6.47. The number of hydrogen-bond donors (Lipinski definition) is 3. The molecule has 4 aliphatic carbocycles. The monoisotopic (exact) mass is 487 g/mol. The van der Waals surface area contributed by atoms with Gasteiger partial charge >= 0.3 is 0 Å². The van der Waals surface area contributed by atoms with Crippen molar-refractivity contribution in [1.82, 2.24) is 15.3 Å². The smallest absolute Gasteiger partial charge is 0.116 e. The van der Waals surface area contributed by atoms with Crippen LogP contribution in [0.5, 0.6) is 0 Å². The quantitative estimate of drug-likeness (QED) is 0.498. The summed E-state index contributed by atoms with van der Waals surface area (Å²) in [4.78, 5) is 8.61. The van der Waals surface area contributed by atoms with Gasteiger partial charge in [-0.05, 0) is 92.8 Å². The van der Waals surface area contributed by atoms with Crippen LogP contribution in [-0.2, 0) is 0 Å². The highest BCUT2D eigenvalue weighted by Crippen LogP contribution is 2.67. The number of rotatable bonds is 1. The van der Waals surface area contributed by atoms with Gasteiger partial charge in [0.1, 0.15) is 6.33 Å². The second-order valence-electron chi connectivity index (χ2n) is 12.0. The summed E-state index contributed by atoms with van der Waals surface area (Å²) in [5.74, 6) is 0.618. The molecule has 4 unspecified atom stereocenters. The fraction of sp³-hybridized carbons (Fsp3) is 0.548. The van der Waals surface area contributed by atoms with Crippen LogP contribution >= 0.6 is 0 Å². The molecule has 2 aromatic rings. The van der Waals surface area contributed by atoms with Gasteiger partial charge in [-0.3, -0.25) is 0 Å². The highest BCUT2D eigenvalue weighted by Gasteiger charge is 2.62. The molecule has 6 rings (SSSR count). The summed E-state index contributed by atoms with van der Waals surface area (Å²) in [6.45, 7) is 7.02. The fourth-order valence-electron chi connectivity index (χ4n) is 7.48. The maximum Gasteiger partial charge on any atom is 0.116 e. The van der Waals surface area contributed by atoms with Crippen LogP contribution in [0.4, 0.5) is 0 Å². The Morgan fingerprint density at radius 2 is 1.86 bits per heavy atom. The van der Waals surface area contributed by atoms with Crippen molar-refractivity contribution < 1.29 is 10.2 Å². The van der Waals surface area contributed by atoms with Crippen molar-refractivity contribution in [2.45, 2.75) is 71.0 Å². The standard InChI is InChI=1S/C29H34N2O2.C2H7N/c1-27(2)15-22-13-20-14-23(32)6-4-18(20)10-11-29(22,33)26-9-7-24(28(26,27)3)19-5-8-25-21(12-19)16-30-17-31-25;1-3-2/h5,7-8,12-13,15-18,23,26,32-33H,4,6,9-11,14H2,1-3H3;3H,1-2H3/t18?,23?,26?,28?,29-;/m1./s1. The van der Waals surface area contributed by atoms with Crippen LogP contribution in [0.3, 0.4) is 0 Å². The maximum atomic E-state index is 12.4. The van der Waals surface area contributed by atoms with Gasteiger partial charge in [-0.15, -0.1) is 0 Å². The lowest BCUT2D eigenvalue weighted by Gasteiger charge is -2.56. The third-order valence-electron chi connectivity index (χ3n) is 9.62. The molecule has 36 heavy (non-hydrogen) atoms.